The second-order valence-electron chi connectivity index (χ2n) is 36.1. The summed E-state index contributed by atoms with van der Waals surface area (Å²) in [6.45, 7) is 40.7. The number of hydrogen-bond acceptors (Lipinski definition) is 1. The van der Waals surface area contributed by atoms with E-state index in [1.807, 2.05) is 24.4 Å². The van der Waals surface area contributed by atoms with Gasteiger partial charge in [-0.15, -0.1) is 0 Å². The van der Waals surface area contributed by atoms with Gasteiger partial charge in [-0.25, -0.2) is 0 Å². The smallest absolute Gasteiger partial charge is 0.115 e. The molecule has 14 rings (SSSR count). The monoisotopic (exact) mass is 1580 g/mol. The molecule has 3 heteroatoms. The van der Waals surface area contributed by atoms with Crippen LogP contribution in [0.15, 0.2) is 298 Å². The predicted octanol–water partition coefficient (Wildman–Crippen LogP) is 34.3. The van der Waals surface area contributed by atoms with Gasteiger partial charge in [0.1, 0.15) is 5.75 Å². The number of H-pyrrole nitrogens is 2. The van der Waals surface area contributed by atoms with Gasteiger partial charge in [0.2, 0.25) is 0 Å². The zero-order chi connectivity index (χ0) is 83.8. The zero-order valence-electron chi connectivity index (χ0n) is 75.0. The van der Waals surface area contributed by atoms with Crippen molar-refractivity contribution in [2.45, 2.75) is 249 Å². The highest BCUT2D eigenvalue weighted by atomic mass is 16.3. The fraction of sp³-hybridized carbons (Fsp3) is 0.409. The van der Waals surface area contributed by atoms with E-state index in [0.29, 0.717) is 5.75 Å². The minimum atomic E-state index is 0. The van der Waals surface area contributed by atoms with Crippen LogP contribution in [0.1, 0.15) is 242 Å². The second-order valence-corrected chi connectivity index (χ2v) is 36.1. The summed E-state index contributed by atoms with van der Waals surface area (Å²) in [5.41, 5.74) is 17.8. The standard InChI is InChI=1S/C17H20.C16H18.2C14H16.C12H15N.C11H16O.C11H16.C10H20.C8H13N.2CH4/c1-14(2)8-9-15-10-12-17(13-11-15)16-6-4-3-5-7-16;1-13(2)12-14-8-10-16(11-9-14)15-6-4-3-5-7-15;1-11(2)10-13-8-5-7-12-6-3-4-9-14(12)13;1-11(2)9-12-7-8-13-5-3-4-6-14(13)10-12;1-9(2)7-10-8-13-12-6-4-3-5-11(10)12;1-9(2)3-4-10-5-7-11(12)8-6-10;1-10(2)8-9-11-6-4-3-5-7-11;1-9(2)8-10-6-4-3-5-7-10;1-7(2)6-8-4-3-5-9-8;;/h3-7,10-14H,8-9H2,1-2H3;3-11,13H,12H2,1-2H3;3-9,11H,10H2,1-2H3;3-8,10-11H,9H2,1-2H3;3-6,8-9,13H,7H2,1-2H3;5-9,12H,3-4H2,1-2H3;3-7,10H,8-9H2,1-2H3;9-10H,3-8H2,1-2H3;3-5,7,9H,6H2,1-2H3;2*1H4. The van der Waals surface area contributed by atoms with Gasteiger partial charge in [0.15, 0.2) is 0 Å². The third kappa shape index (κ3) is 42.3. The van der Waals surface area contributed by atoms with E-state index in [2.05, 4.69) is 396 Å². The fourth-order valence-corrected chi connectivity index (χ4v) is 14.6. The van der Waals surface area contributed by atoms with Crippen molar-refractivity contribution in [2.24, 2.45) is 59.2 Å². The van der Waals surface area contributed by atoms with Crippen LogP contribution in [0.5, 0.6) is 5.75 Å². The molecule has 0 unspecified atom stereocenters. The largest absolute Gasteiger partial charge is 0.508 e. The average Bonchev–Trinajstić information content (AvgIpc) is 1.61. The first-order valence-corrected chi connectivity index (χ1v) is 44.6. The van der Waals surface area contributed by atoms with Gasteiger partial charge in [-0.05, 0) is 249 Å². The lowest BCUT2D eigenvalue weighted by Crippen LogP contribution is -2.08. The van der Waals surface area contributed by atoms with Gasteiger partial charge < -0.3 is 15.1 Å². The zero-order valence-corrected chi connectivity index (χ0v) is 75.0. The molecule has 0 atom stereocenters. The lowest BCUT2D eigenvalue weighted by molar-refractivity contribution is 0.305. The Morgan fingerprint density at radius 1 is 0.288 bits per heavy atom. The number of nitrogens with one attached hydrogen (secondary N) is 2. The van der Waals surface area contributed by atoms with Crippen LogP contribution in [0.3, 0.4) is 0 Å². The lowest BCUT2D eigenvalue weighted by atomic mass is 9.84. The molecule has 1 aliphatic carbocycles. The van der Waals surface area contributed by atoms with Crippen LogP contribution in [-0.2, 0) is 51.4 Å². The summed E-state index contributed by atoms with van der Waals surface area (Å²) in [4.78, 5) is 6.46. The summed E-state index contributed by atoms with van der Waals surface area (Å²) in [6, 6.07) is 100. The highest BCUT2D eigenvalue weighted by molar-refractivity contribution is 5.86. The quantitative estimate of drug-likeness (QED) is 0.0587. The number of aromatic amines is 2. The Morgan fingerprint density at radius 2 is 0.686 bits per heavy atom. The molecule has 634 valence electrons. The molecule has 0 saturated heterocycles. The third-order valence-electron chi connectivity index (χ3n) is 20.7. The van der Waals surface area contributed by atoms with E-state index < -0.39 is 0 Å². The topological polar surface area (TPSA) is 51.8 Å². The van der Waals surface area contributed by atoms with Gasteiger partial charge in [0.05, 0.1) is 0 Å². The molecule has 2 aromatic heterocycles. The third-order valence-corrected chi connectivity index (χ3v) is 20.7. The van der Waals surface area contributed by atoms with Crippen molar-refractivity contribution < 1.29 is 5.11 Å². The number of para-hydroxylation sites is 1. The van der Waals surface area contributed by atoms with Crippen LogP contribution in [0, 0.1) is 59.2 Å². The molecule has 1 fully saturated rings. The van der Waals surface area contributed by atoms with E-state index in [1.54, 1.807) is 12.1 Å². The summed E-state index contributed by atoms with van der Waals surface area (Å²) in [5, 5.41) is 15.9. The number of rotatable bonds is 23. The van der Waals surface area contributed by atoms with E-state index in [-0.39, 0.29) is 14.9 Å². The van der Waals surface area contributed by atoms with Crippen LogP contribution >= 0.6 is 0 Å². The fourth-order valence-electron chi connectivity index (χ4n) is 14.6. The molecule has 0 amide bonds. The van der Waals surface area contributed by atoms with Crippen molar-refractivity contribution in [3.05, 3.63) is 342 Å². The molecular weight excluding hydrogens is 1430 g/mol. The van der Waals surface area contributed by atoms with Crippen LogP contribution in [0.2, 0.25) is 0 Å². The normalized spacial score (nSPS) is 11.6. The van der Waals surface area contributed by atoms with E-state index >= 15 is 0 Å². The maximum Gasteiger partial charge on any atom is 0.115 e. The van der Waals surface area contributed by atoms with E-state index in [1.165, 1.54) is 183 Å². The number of benzene rings is 11. The number of aromatic hydroxyl groups is 1. The summed E-state index contributed by atoms with van der Waals surface area (Å²) < 4.78 is 0. The Bertz CT molecular complexity index is 4580. The molecule has 3 N–H and O–H groups in total. The Kier molecular flexibility index (Phi) is 49.3. The molecule has 0 aliphatic heterocycles. The van der Waals surface area contributed by atoms with Crippen LogP contribution < -0.4 is 0 Å². The first-order chi connectivity index (χ1) is 55.8. The SMILES string of the molecule is C.C.CC(C)CC1CCCCC1.CC(C)CCc1ccc(-c2ccccc2)cc1.CC(C)CCc1ccc(O)cc1.CC(C)CCc1ccccc1.CC(C)Cc1c[nH]c2ccccc12.CC(C)Cc1ccc(-c2ccccc2)cc1.CC(C)Cc1ccc2ccccc2c1.CC(C)Cc1ccc[nH]1.CC(C)Cc1cccc2ccccc12. The molecule has 118 heavy (non-hydrogen) atoms. The van der Waals surface area contributed by atoms with Gasteiger partial charge in [-0.1, -0.05) is 426 Å². The second kappa shape index (κ2) is 57.6. The molecular formula is C115H158N2O. The Hall–Kier alpha value is -9.44. The summed E-state index contributed by atoms with van der Waals surface area (Å²) >= 11 is 0. The average molecular weight is 1580 g/mol. The molecule has 0 spiro atoms. The molecule has 3 nitrogen and oxygen atoms in total. The Morgan fingerprint density at radius 3 is 1.17 bits per heavy atom. The van der Waals surface area contributed by atoms with Crippen molar-refractivity contribution in [2.75, 3.05) is 0 Å². The maximum atomic E-state index is 9.03. The van der Waals surface area contributed by atoms with Gasteiger partial charge in [-0.2, -0.15) is 0 Å². The van der Waals surface area contributed by atoms with Crippen molar-refractivity contribution in [3.63, 3.8) is 0 Å². The summed E-state index contributed by atoms with van der Waals surface area (Å²) in [5.74, 6) is 8.35. The van der Waals surface area contributed by atoms with Crippen LogP contribution in [0.4, 0.5) is 0 Å². The van der Waals surface area contributed by atoms with Gasteiger partial charge in [0, 0.05) is 29.0 Å². The van der Waals surface area contributed by atoms with E-state index in [0.717, 1.165) is 84.9 Å². The summed E-state index contributed by atoms with van der Waals surface area (Å²) in [6.07, 6.45) is 26.2. The molecule has 2 heterocycles. The highest BCUT2D eigenvalue weighted by Crippen LogP contribution is 2.30. The minimum absolute atomic E-state index is 0. The number of aromatic nitrogens is 2. The first kappa shape index (κ1) is 101. The van der Waals surface area contributed by atoms with Crippen molar-refractivity contribution in [1.29, 1.82) is 0 Å². The van der Waals surface area contributed by atoms with Gasteiger partial charge >= 0.3 is 0 Å². The molecule has 0 bridgehead atoms. The van der Waals surface area contributed by atoms with Gasteiger partial charge in [-0.3, -0.25) is 0 Å². The van der Waals surface area contributed by atoms with Gasteiger partial charge in [0.25, 0.3) is 0 Å². The molecule has 1 aliphatic rings. The van der Waals surface area contributed by atoms with Crippen LogP contribution in [0.25, 0.3) is 54.7 Å². The minimum Gasteiger partial charge on any atom is -0.508 e. The molecule has 1 saturated carbocycles. The Balaban J connectivity index is 0.000000280. The summed E-state index contributed by atoms with van der Waals surface area (Å²) in [7, 11) is 0. The Labute approximate surface area is 720 Å². The molecule has 13 aromatic rings. The van der Waals surface area contributed by atoms with E-state index in [4.69, 9.17) is 5.11 Å². The van der Waals surface area contributed by atoms with Crippen molar-refractivity contribution in [1.82, 2.24) is 9.97 Å². The van der Waals surface area contributed by atoms with Crippen molar-refractivity contribution in [3.8, 4) is 28.0 Å². The first-order valence-electron chi connectivity index (χ1n) is 44.6. The van der Waals surface area contributed by atoms with E-state index in [9.17, 15) is 0 Å². The number of fused-ring (bicyclic) bond motifs is 3. The van der Waals surface area contributed by atoms with Crippen LogP contribution in [-0.4, -0.2) is 15.1 Å². The van der Waals surface area contributed by atoms with Crippen molar-refractivity contribution >= 4 is 32.4 Å². The lowest BCUT2D eigenvalue weighted by Gasteiger charge is -2.22. The predicted molar refractivity (Wildman–Crippen MR) is 527 cm³/mol. The maximum absolute atomic E-state index is 9.03. The number of aryl methyl sites for hydroxylation is 3. The number of phenolic OH excluding ortho intramolecular Hbond substituents is 1. The molecule has 11 aromatic carbocycles. The molecule has 0 radical (unpaired) electrons. The number of hydrogen-bond donors (Lipinski definition) is 3. The highest BCUT2D eigenvalue weighted by Gasteiger charge is 2.14. The number of phenols is 1.